The van der Waals surface area contributed by atoms with E-state index in [1.54, 1.807) is 6.92 Å². The molecule has 0 bridgehead atoms. The number of rotatable bonds is 8. The summed E-state index contributed by atoms with van der Waals surface area (Å²) < 4.78 is 56.9. The molecule has 0 saturated heterocycles. The molecular formula is C22H25F2N3O4S. The van der Waals surface area contributed by atoms with E-state index in [2.05, 4.69) is 15.3 Å². The molecule has 1 unspecified atom stereocenters. The third-order valence-electron chi connectivity index (χ3n) is 5.20. The minimum absolute atomic E-state index is 0.0221. The molecule has 7 nitrogen and oxygen atoms in total. The molecule has 1 heterocycles. The van der Waals surface area contributed by atoms with Gasteiger partial charge < -0.3 is 10.1 Å². The minimum Gasteiger partial charge on any atom is -0.384 e. The molecule has 1 aromatic heterocycles. The zero-order valence-corrected chi connectivity index (χ0v) is 18.6. The number of amides is 1. The van der Waals surface area contributed by atoms with Crippen molar-refractivity contribution in [1.82, 2.24) is 9.97 Å². The van der Waals surface area contributed by atoms with Gasteiger partial charge in [0.15, 0.2) is 15.7 Å². The summed E-state index contributed by atoms with van der Waals surface area (Å²) in [6.45, 7) is 1.82. The van der Waals surface area contributed by atoms with Gasteiger partial charge in [0.1, 0.15) is 12.3 Å². The number of anilines is 1. The number of methoxy groups -OCH3 is 1. The number of alkyl halides is 2. The molecule has 3 atom stereocenters. The van der Waals surface area contributed by atoms with Crippen LogP contribution in [0.15, 0.2) is 47.6 Å². The molecule has 2 aromatic rings. The van der Waals surface area contributed by atoms with Crippen LogP contribution in [0.4, 0.5) is 14.6 Å². The number of nitrogens with zero attached hydrogens (tertiary/aromatic N) is 2. The van der Waals surface area contributed by atoms with Crippen molar-refractivity contribution >= 4 is 27.1 Å². The van der Waals surface area contributed by atoms with Gasteiger partial charge in [0.05, 0.1) is 35.3 Å². The van der Waals surface area contributed by atoms with Crippen molar-refractivity contribution in [3.8, 4) is 0 Å². The Kier molecular flexibility index (Phi) is 7.68. The fourth-order valence-corrected chi connectivity index (χ4v) is 4.61. The van der Waals surface area contributed by atoms with Crippen LogP contribution in [0.2, 0.25) is 0 Å². The number of benzene rings is 1. The van der Waals surface area contributed by atoms with Crippen LogP contribution in [0.25, 0.3) is 5.57 Å². The number of aryl methyl sites for hydroxylation is 1. The average Bonchev–Trinajstić information content (AvgIpc) is 3.09. The summed E-state index contributed by atoms with van der Waals surface area (Å²) in [5.41, 5.74) is 1.28. The highest BCUT2D eigenvalue weighted by molar-refractivity contribution is 7.91. The Labute approximate surface area is 185 Å². The highest BCUT2D eigenvalue weighted by Gasteiger charge is 2.34. The molecule has 1 aliphatic carbocycles. The van der Waals surface area contributed by atoms with Crippen LogP contribution in [-0.4, -0.2) is 56.1 Å². The number of allylic oxidation sites excluding steroid dienone is 1. The summed E-state index contributed by atoms with van der Waals surface area (Å²) in [6, 6.07) is 5.80. The summed E-state index contributed by atoms with van der Waals surface area (Å²) in [5, 5.41) is 2.63. The quantitative estimate of drug-likeness (QED) is 0.601. The second kappa shape index (κ2) is 10.3. The molecule has 1 saturated carbocycles. The normalized spacial score (nSPS) is 21.5. The molecule has 3 rings (SSSR count). The first-order valence-corrected chi connectivity index (χ1v) is 11.8. The Hall–Kier alpha value is -2.72. The monoisotopic (exact) mass is 465 g/mol. The zero-order chi connectivity index (χ0) is 23.3. The molecule has 32 heavy (non-hydrogen) atoms. The van der Waals surface area contributed by atoms with Gasteiger partial charge in [0.2, 0.25) is 0 Å². The lowest BCUT2D eigenvalue weighted by Crippen LogP contribution is -2.16. The molecule has 172 valence electrons. The lowest BCUT2D eigenvalue weighted by atomic mass is 9.98. The van der Waals surface area contributed by atoms with E-state index in [9.17, 15) is 22.0 Å². The Morgan fingerprint density at radius 1 is 1.16 bits per heavy atom. The van der Waals surface area contributed by atoms with E-state index in [0.717, 1.165) is 0 Å². The standard InChI is InChI=1S/C22H25F2N3O4S/c1-14-12-26-21(13-25-14)27-22(28)18(9-15-10-19(23)20(24)11-15)16-3-5-17(6-4-16)32(29,30)8-7-31-2/h3-6,9,12-13,15,19-20H,7-8,10-11H2,1-2H3,(H,26,27,28)/b18-9+/t15?,19-,20+. The maximum Gasteiger partial charge on any atom is 0.257 e. The SMILES string of the molecule is COCCS(=O)(=O)c1ccc(/C(=C\C2C[C@@H](F)[C@@H](F)C2)C(=O)Nc2cnc(C)cn2)cc1. The van der Waals surface area contributed by atoms with Gasteiger partial charge in [0.25, 0.3) is 5.91 Å². The van der Waals surface area contributed by atoms with E-state index < -0.39 is 34.0 Å². The second-order valence-electron chi connectivity index (χ2n) is 7.68. The lowest BCUT2D eigenvalue weighted by Gasteiger charge is -2.12. The first-order chi connectivity index (χ1) is 15.2. The summed E-state index contributed by atoms with van der Waals surface area (Å²) >= 11 is 0. The summed E-state index contributed by atoms with van der Waals surface area (Å²) in [4.78, 5) is 21.3. The number of sulfone groups is 1. The number of hydrogen-bond acceptors (Lipinski definition) is 6. The molecule has 1 N–H and O–H groups in total. The van der Waals surface area contributed by atoms with Gasteiger partial charge >= 0.3 is 0 Å². The van der Waals surface area contributed by atoms with Gasteiger partial charge in [-0.3, -0.25) is 9.78 Å². The maximum absolute atomic E-state index is 13.7. The molecule has 10 heteroatoms. The molecule has 1 aromatic carbocycles. The molecule has 0 spiro atoms. The predicted octanol–water partition coefficient (Wildman–Crippen LogP) is 3.31. The first kappa shape index (κ1) is 23.9. The number of hydrogen-bond donors (Lipinski definition) is 1. The highest BCUT2D eigenvalue weighted by atomic mass is 32.2. The number of halogens is 2. The smallest absolute Gasteiger partial charge is 0.257 e. The van der Waals surface area contributed by atoms with E-state index >= 15 is 0 Å². The first-order valence-electron chi connectivity index (χ1n) is 10.1. The molecule has 0 aliphatic heterocycles. The molecular weight excluding hydrogens is 440 g/mol. The van der Waals surface area contributed by atoms with Gasteiger partial charge in [-0.15, -0.1) is 0 Å². The molecule has 1 aliphatic rings. The topological polar surface area (TPSA) is 98.2 Å². The second-order valence-corrected chi connectivity index (χ2v) is 9.79. The van der Waals surface area contributed by atoms with Gasteiger partial charge in [0, 0.05) is 12.7 Å². The van der Waals surface area contributed by atoms with Gasteiger partial charge in [-0.25, -0.2) is 22.2 Å². The van der Waals surface area contributed by atoms with E-state index in [1.165, 1.54) is 49.8 Å². The van der Waals surface area contributed by atoms with E-state index in [-0.39, 0.29) is 41.5 Å². The Balaban J connectivity index is 1.90. The van der Waals surface area contributed by atoms with E-state index in [0.29, 0.717) is 11.3 Å². The fourth-order valence-electron chi connectivity index (χ4n) is 3.44. The van der Waals surface area contributed by atoms with Crippen molar-refractivity contribution < 1.29 is 26.7 Å². The van der Waals surface area contributed by atoms with Crippen LogP contribution in [0.5, 0.6) is 0 Å². The van der Waals surface area contributed by atoms with Crippen molar-refractivity contribution in [2.75, 3.05) is 24.8 Å². The Bertz CT molecular complexity index is 1060. The van der Waals surface area contributed by atoms with Crippen LogP contribution in [-0.2, 0) is 19.4 Å². The number of aromatic nitrogens is 2. The van der Waals surface area contributed by atoms with Crippen LogP contribution in [0, 0.1) is 12.8 Å². The van der Waals surface area contributed by atoms with Crippen molar-refractivity contribution in [3.63, 3.8) is 0 Å². The van der Waals surface area contributed by atoms with Crippen molar-refractivity contribution in [1.29, 1.82) is 0 Å². The number of ether oxygens (including phenoxy) is 1. The number of nitrogens with one attached hydrogen (secondary N) is 1. The zero-order valence-electron chi connectivity index (χ0n) is 17.8. The number of carbonyl (C=O) groups is 1. The van der Waals surface area contributed by atoms with Crippen LogP contribution >= 0.6 is 0 Å². The highest BCUT2D eigenvalue weighted by Crippen LogP contribution is 2.34. The minimum atomic E-state index is -3.54. The molecule has 1 amide bonds. The Morgan fingerprint density at radius 2 is 1.81 bits per heavy atom. The van der Waals surface area contributed by atoms with Crippen molar-refractivity contribution in [2.45, 2.75) is 37.0 Å². The van der Waals surface area contributed by atoms with E-state index in [1.807, 2.05) is 0 Å². The molecule has 1 fully saturated rings. The summed E-state index contributed by atoms with van der Waals surface area (Å²) in [5.74, 6) is -0.940. The van der Waals surface area contributed by atoms with Crippen LogP contribution in [0.1, 0.15) is 24.1 Å². The fraction of sp³-hybridized carbons (Fsp3) is 0.409. The van der Waals surface area contributed by atoms with Crippen LogP contribution < -0.4 is 5.32 Å². The van der Waals surface area contributed by atoms with Gasteiger partial charge in [-0.2, -0.15) is 0 Å². The largest absolute Gasteiger partial charge is 0.384 e. The van der Waals surface area contributed by atoms with Crippen molar-refractivity contribution in [3.05, 3.63) is 54.0 Å². The molecule has 0 radical (unpaired) electrons. The maximum atomic E-state index is 13.7. The average molecular weight is 466 g/mol. The van der Waals surface area contributed by atoms with Crippen molar-refractivity contribution in [2.24, 2.45) is 5.92 Å². The third-order valence-corrected chi connectivity index (χ3v) is 6.89. The Morgan fingerprint density at radius 3 is 2.38 bits per heavy atom. The van der Waals surface area contributed by atoms with Gasteiger partial charge in [-0.1, -0.05) is 18.2 Å². The van der Waals surface area contributed by atoms with Gasteiger partial charge in [-0.05, 0) is 43.4 Å². The number of carbonyl (C=O) groups excluding carboxylic acids is 1. The predicted molar refractivity (Wildman–Crippen MR) is 116 cm³/mol. The third kappa shape index (κ3) is 5.95. The lowest BCUT2D eigenvalue weighted by molar-refractivity contribution is -0.111. The summed E-state index contributed by atoms with van der Waals surface area (Å²) in [6.07, 6.45) is 1.25. The van der Waals surface area contributed by atoms with Crippen LogP contribution in [0.3, 0.4) is 0 Å². The van der Waals surface area contributed by atoms with E-state index in [4.69, 9.17) is 4.74 Å². The summed E-state index contributed by atoms with van der Waals surface area (Å²) in [7, 11) is -2.12.